The van der Waals surface area contributed by atoms with E-state index in [1.54, 1.807) is 66.7 Å². The molecule has 28 heavy (non-hydrogen) atoms. The number of hydrogen-bond donors (Lipinski definition) is 1. The third-order valence-electron chi connectivity index (χ3n) is 4.34. The summed E-state index contributed by atoms with van der Waals surface area (Å²) in [7, 11) is -3.47. The average molecular weight is 414 g/mol. The first kappa shape index (κ1) is 20.1. The van der Waals surface area contributed by atoms with E-state index in [4.69, 9.17) is 11.6 Å². The Balaban J connectivity index is 1.75. The van der Waals surface area contributed by atoms with Gasteiger partial charge in [-0.15, -0.1) is 0 Å². The second-order valence-electron chi connectivity index (χ2n) is 6.52. The van der Waals surface area contributed by atoms with Gasteiger partial charge in [0, 0.05) is 10.6 Å². The van der Waals surface area contributed by atoms with Gasteiger partial charge < -0.3 is 5.32 Å². The second kappa shape index (κ2) is 8.59. The van der Waals surface area contributed by atoms with E-state index in [1.807, 2.05) is 19.1 Å². The molecule has 0 aromatic heterocycles. The van der Waals surface area contributed by atoms with Crippen LogP contribution in [0.15, 0.2) is 83.8 Å². The number of benzene rings is 3. The lowest BCUT2D eigenvalue weighted by molar-refractivity contribution is 0.0939. The molecule has 0 spiro atoms. The zero-order chi connectivity index (χ0) is 20.1. The van der Waals surface area contributed by atoms with Gasteiger partial charge >= 0.3 is 0 Å². The van der Waals surface area contributed by atoms with Crippen molar-refractivity contribution in [2.75, 3.05) is 0 Å². The zero-order valence-corrected chi connectivity index (χ0v) is 16.9. The predicted molar refractivity (Wildman–Crippen MR) is 111 cm³/mol. The molecule has 4 nitrogen and oxygen atoms in total. The Kier molecular flexibility index (Phi) is 6.17. The number of rotatable bonds is 6. The number of amides is 1. The topological polar surface area (TPSA) is 63.2 Å². The molecule has 3 rings (SSSR count). The first-order valence-electron chi connectivity index (χ1n) is 8.78. The quantitative estimate of drug-likeness (QED) is 0.631. The molecule has 0 saturated heterocycles. The van der Waals surface area contributed by atoms with Crippen molar-refractivity contribution < 1.29 is 13.2 Å². The largest absolute Gasteiger partial charge is 0.346 e. The minimum absolute atomic E-state index is 0.165. The molecule has 0 aliphatic carbocycles. The number of nitrogens with one attached hydrogen (secondary N) is 1. The highest BCUT2D eigenvalue weighted by Crippen LogP contribution is 2.19. The monoisotopic (exact) mass is 413 g/mol. The van der Waals surface area contributed by atoms with E-state index in [9.17, 15) is 13.2 Å². The molecule has 1 amide bonds. The lowest BCUT2D eigenvalue weighted by atomic mass is 10.1. The standard InChI is InChI=1S/C22H20ClNO3S/c1-16(18-8-6-10-20(23)14-18)24-22(25)19-9-5-7-17(13-19)15-28(26,27)21-11-3-2-4-12-21/h2-14,16H,15H2,1H3,(H,24,25). The minimum Gasteiger partial charge on any atom is -0.346 e. The summed E-state index contributed by atoms with van der Waals surface area (Å²) in [5.74, 6) is -0.437. The molecule has 0 heterocycles. The normalized spacial score (nSPS) is 12.4. The van der Waals surface area contributed by atoms with E-state index in [2.05, 4.69) is 5.32 Å². The Hall–Kier alpha value is -2.63. The number of carbonyl (C=O) groups excluding carboxylic acids is 1. The predicted octanol–water partition coefficient (Wildman–Crippen LogP) is 4.80. The lowest BCUT2D eigenvalue weighted by Crippen LogP contribution is -2.26. The Bertz CT molecular complexity index is 1080. The van der Waals surface area contributed by atoms with Gasteiger partial charge in [-0.25, -0.2) is 8.42 Å². The van der Waals surface area contributed by atoms with Crippen LogP contribution in [-0.4, -0.2) is 14.3 Å². The summed E-state index contributed by atoms with van der Waals surface area (Å²) in [6, 6.07) is 22.0. The maximum Gasteiger partial charge on any atom is 0.251 e. The lowest BCUT2D eigenvalue weighted by Gasteiger charge is -2.15. The highest BCUT2D eigenvalue weighted by atomic mass is 35.5. The van der Waals surface area contributed by atoms with Crippen LogP contribution in [0.2, 0.25) is 5.02 Å². The van der Waals surface area contributed by atoms with Crippen LogP contribution >= 0.6 is 11.6 Å². The summed E-state index contributed by atoms with van der Waals surface area (Å²) >= 11 is 6.01. The zero-order valence-electron chi connectivity index (χ0n) is 15.3. The van der Waals surface area contributed by atoms with Crippen LogP contribution in [-0.2, 0) is 15.6 Å². The van der Waals surface area contributed by atoms with Crippen LogP contribution in [0.3, 0.4) is 0 Å². The van der Waals surface area contributed by atoms with Gasteiger partial charge in [0.05, 0.1) is 16.7 Å². The van der Waals surface area contributed by atoms with Gasteiger partial charge in [0.1, 0.15) is 0 Å². The molecular formula is C22H20ClNO3S. The molecule has 0 radical (unpaired) electrons. The highest BCUT2D eigenvalue weighted by Gasteiger charge is 2.17. The van der Waals surface area contributed by atoms with Crippen LogP contribution in [0, 0.1) is 0 Å². The van der Waals surface area contributed by atoms with Crippen molar-refractivity contribution in [3.63, 3.8) is 0 Å². The van der Waals surface area contributed by atoms with Gasteiger partial charge in [0.2, 0.25) is 0 Å². The summed E-state index contributed by atoms with van der Waals surface area (Å²) in [4.78, 5) is 12.9. The molecule has 1 unspecified atom stereocenters. The second-order valence-corrected chi connectivity index (χ2v) is 8.95. The van der Waals surface area contributed by atoms with Crippen molar-refractivity contribution in [2.45, 2.75) is 23.6 Å². The third kappa shape index (κ3) is 5.00. The van der Waals surface area contributed by atoms with Crippen molar-refractivity contribution in [2.24, 2.45) is 0 Å². The Morgan fingerprint density at radius 2 is 1.68 bits per heavy atom. The summed E-state index contributed by atoms with van der Waals surface area (Å²) < 4.78 is 25.1. The first-order valence-corrected chi connectivity index (χ1v) is 10.8. The fourth-order valence-electron chi connectivity index (χ4n) is 2.87. The smallest absolute Gasteiger partial charge is 0.251 e. The first-order chi connectivity index (χ1) is 13.3. The van der Waals surface area contributed by atoms with Gasteiger partial charge in [-0.05, 0) is 54.4 Å². The van der Waals surface area contributed by atoms with Gasteiger partial charge in [0.15, 0.2) is 9.84 Å². The number of hydrogen-bond acceptors (Lipinski definition) is 3. The molecule has 3 aromatic rings. The van der Waals surface area contributed by atoms with E-state index >= 15 is 0 Å². The minimum atomic E-state index is -3.47. The van der Waals surface area contributed by atoms with E-state index in [-0.39, 0.29) is 22.6 Å². The molecule has 6 heteroatoms. The van der Waals surface area contributed by atoms with Gasteiger partial charge in [-0.2, -0.15) is 0 Å². The van der Waals surface area contributed by atoms with Crippen molar-refractivity contribution in [1.82, 2.24) is 5.32 Å². The molecule has 3 aromatic carbocycles. The molecular weight excluding hydrogens is 394 g/mol. The number of carbonyl (C=O) groups is 1. The van der Waals surface area contributed by atoms with Gasteiger partial charge in [0.25, 0.3) is 5.91 Å². The van der Waals surface area contributed by atoms with E-state index in [0.717, 1.165) is 5.56 Å². The summed E-state index contributed by atoms with van der Waals surface area (Å²) in [5.41, 5.74) is 1.87. The maximum absolute atomic E-state index is 12.6. The van der Waals surface area contributed by atoms with Crippen molar-refractivity contribution >= 4 is 27.3 Å². The van der Waals surface area contributed by atoms with E-state index in [1.165, 1.54) is 0 Å². The maximum atomic E-state index is 12.6. The van der Waals surface area contributed by atoms with E-state index in [0.29, 0.717) is 16.1 Å². The van der Waals surface area contributed by atoms with Crippen LogP contribution in [0.4, 0.5) is 0 Å². The van der Waals surface area contributed by atoms with Crippen molar-refractivity contribution in [3.8, 4) is 0 Å². The molecule has 0 aliphatic rings. The van der Waals surface area contributed by atoms with Crippen molar-refractivity contribution in [3.05, 3.63) is 101 Å². The van der Waals surface area contributed by atoms with Crippen LogP contribution < -0.4 is 5.32 Å². The number of sulfone groups is 1. The summed E-state index contributed by atoms with van der Waals surface area (Å²) in [5, 5.41) is 3.52. The molecule has 1 atom stereocenters. The average Bonchev–Trinajstić information content (AvgIpc) is 2.68. The molecule has 144 valence electrons. The molecule has 0 aliphatic heterocycles. The summed E-state index contributed by atoms with van der Waals surface area (Å²) in [6.45, 7) is 1.87. The Labute approximate surface area is 170 Å². The fraction of sp³-hybridized carbons (Fsp3) is 0.136. The third-order valence-corrected chi connectivity index (χ3v) is 6.28. The molecule has 0 saturated carbocycles. The van der Waals surface area contributed by atoms with E-state index < -0.39 is 9.84 Å². The van der Waals surface area contributed by atoms with Gasteiger partial charge in [-0.1, -0.05) is 54.1 Å². The SMILES string of the molecule is CC(NC(=O)c1cccc(CS(=O)(=O)c2ccccc2)c1)c1cccc(Cl)c1. The Morgan fingerprint density at radius 1 is 0.964 bits per heavy atom. The highest BCUT2D eigenvalue weighted by molar-refractivity contribution is 7.90. The summed E-state index contributed by atoms with van der Waals surface area (Å²) in [6.07, 6.45) is 0. The molecule has 0 bridgehead atoms. The van der Waals surface area contributed by atoms with Crippen LogP contribution in [0.1, 0.15) is 34.5 Å². The molecule has 1 N–H and O–H groups in total. The van der Waals surface area contributed by atoms with Crippen LogP contribution in [0.5, 0.6) is 0 Å². The fourth-order valence-corrected chi connectivity index (χ4v) is 4.43. The number of halogens is 1. The van der Waals surface area contributed by atoms with Crippen molar-refractivity contribution in [1.29, 1.82) is 0 Å². The van der Waals surface area contributed by atoms with Gasteiger partial charge in [-0.3, -0.25) is 4.79 Å². The van der Waals surface area contributed by atoms with Crippen LogP contribution in [0.25, 0.3) is 0 Å². The Morgan fingerprint density at radius 3 is 2.39 bits per heavy atom. The molecule has 0 fully saturated rings.